The van der Waals surface area contributed by atoms with Gasteiger partial charge in [0.05, 0.1) is 25.3 Å². The van der Waals surface area contributed by atoms with Crippen molar-refractivity contribution in [3.63, 3.8) is 0 Å². The number of carbonyl (C=O) groups excluding carboxylic acids is 1. The molecular weight excluding hydrogens is 364 g/mol. The van der Waals surface area contributed by atoms with E-state index in [1.54, 1.807) is 12.1 Å². The number of halogens is 1. The van der Waals surface area contributed by atoms with Crippen molar-refractivity contribution in [2.24, 2.45) is 0 Å². The van der Waals surface area contributed by atoms with E-state index in [9.17, 15) is 4.79 Å². The molecule has 1 N–H and O–H groups in total. The van der Waals surface area contributed by atoms with Crippen molar-refractivity contribution in [2.75, 3.05) is 33.9 Å². The molecule has 27 heavy (non-hydrogen) atoms. The zero-order valence-electron chi connectivity index (χ0n) is 15.7. The summed E-state index contributed by atoms with van der Waals surface area (Å²) in [6.45, 7) is 2.64. The van der Waals surface area contributed by atoms with E-state index in [4.69, 9.17) is 21.1 Å². The van der Waals surface area contributed by atoms with Gasteiger partial charge in [-0.05, 0) is 43.6 Å². The Kier molecular flexibility index (Phi) is 6.58. The number of likely N-dealkylation sites (tertiary alicyclic amines) is 1. The Hall–Kier alpha value is -2.24. The van der Waals surface area contributed by atoms with Gasteiger partial charge in [0.1, 0.15) is 0 Å². The van der Waals surface area contributed by atoms with E-state index in [2.05, 4.69) is 22.3 Å². The van der Waals surface area contributed by atoms with Crippen molar-refractivity contribution in [3.05, 3.63) is 58.6 Å². The first-order valence-electron chi connectivity index (χ1n) is 9.12. The highest BCUT2D eigenvalue weighted by Gasteiger charge is 2.24. The number of ether oxygens (including phenoxy) is 2. The van der Waals surface area contributed by atoms with Crippen LogP contribution in [0.15, 0.2) is 42.5 Å². The molecule has 0 spiro atoms. The van der Waals surface area contributed by atoms with Crippen LogP contribution in [-0.4, -0.2) is 44.7 Å². The molecule has 5 nitrogen and oxygen atoms in total. The van der Waals surface area contributed by atoms with Crippen LogP contribution in [-0.2, 0) is 0 Å². The normalized spacial score (nSPS) is 15.4. The highest BCUT2D eigenvalue weighted by molar-refractivity contribution is 6.32. The Bertz CT molecular complexity index is 776. The van der Waals surface area contributed by atoms with Crippen LogP contribution in [0.3, 0.4) is 0 Å². The van der Waals surface area contributed by atoms with Gasteiger partial charge in [0.15, 0.2) is 11.5 Å². The molecule has 1 amide bonds. The van der Waals surface area contributed by atoms with Crippen LogP contribution in [0.1, 0.15) is 34.8 Å². The third-order valence-electron chi connectivity index (χ3n) is 4.92. The third kappa shape index (κ3) is 4.54. The first-order valence-corrected chi connectivity index (χ1v) is 9.50. The Morgan fingerprint density at radius 3 is 2.48 bits per heavy atom. The van der Waals surface area contributed by atoms with Crippen molar-refractivity contribution in [3.8, 4) is 11.5 Å². The smallest absolute Gasteiger partial charge is 0.251 e. The fourth-order valence-electron chi connectivity index (χ4n) is 3.53. The summed E-state index contributed by atoms with van der Waals surface area (Å²) in [6, 6.07) is 13.7. The first kappa shape index (κ1) is 19.5. The fraction of sp³-hybridized carbons (Fsp3) is 0.381. The summed E-state index contributed by atoms with van der Waals surface area (Å²) < 4.78 is 10.5. The average Bonchev–Trinajstić information content (AvgIpc) is 3.22. The van der Waals surface area contributed by atoms with Gasteiger partial charge in [-0.3, -0.25) is 9.69 Å². The minimum atomic E-state index is -0.182. The van der Waals surface area contributed by atoms with E-state index in [-0.39, 0.29) is 11.9 Å². The van der Waals surface area contributed by atoms with Crippen LogP contribution in [0.5, 0.6) is 11.5 Å². The van der Waals surface area contributed by atoms with Gasteiger partial charge in [-0.15, -0.1) is 0 Å². The van der Waals surface area contributed by atoms with Gasteiger partial charge in [0.2, 0.25) is 0 Å². The molecule has 0 aromatic heterocycles. The van der Waals surface area contributed by atoms with Gasteiger partial charge in [0, 0.05) is 12.1 Å². The molecule has 1 saturated heterocycles. The summed E-state index contributed by atoms with van der Waals surface area (Å²) in [5.41, 5.74) is 1.66. The molecule has 3 rings (SSSR count). The Morgan fingerprint density at radius 1 is 1.15 bits per heavy atom. The molecule has 1 unspecified atom stereocenters. The average molecular weight is 389 g/mol. The number of methoxy groups -OCH3 is 2. The Balaban J connectivity index is 1.75. The number of nitrogens with zero attached hydrogens (tertiary/aromatic N) is 1. The fourth-order valence-corrected chi connectivity index (χ4v) is 3.81. The Labute approximate surface area is 165 Å². The number of rotatable bonds is 7. The van der Waals surface area contributed by atoms with Crippen molar-refractivity contribution in [2.45, 2.75) is 18.9 Å². The summed E-state index contributed by atoms with van der Waals surface area (Å²) in [5.74, 6) is 0.683. The summed E-state index contributed by atoms with van der Waals surface area (Å²) in [4.78, 5) is 15.2. The number of nitrogens with one attached hydrogen (secondary N) is 1. The molecular formula is C21H25ClN2O3. The van der Waals surface area contributed by atoms with Crippen LogP contribution >= 0.6 is 11.6 Å². The second-order valence-corrected chi connectivity index (χ2v) is 6.98. The Morgan fingerprint density at radius 2 is 1.85 bits per heavy atom. The molecule has 1 atom stereocenters. The lowest BCUT2D eigenvalue weighted by molar-refractivity contribution is 0.0937. The standard InChI is InChI=1S/C21H25ClN2O3/c1-26-19-13-16(12-17(22)20(19)27-2)21(25)23-14-18(24-10-6-7-11-24)15-8-4-3-5-9-15/h3-5,8-9,12-13,18H,6-7,10-11,14H2,1-2H3,(H,23,25). The highest BCUT2D eigenvalue weighted by atomic mass is 35.5. The van der Waals surface area contributed by atoms with E-state index in [0.29, 0.717) is 28.6 Å². The maximum atomic E-state index is 12.7. The molecule has 0 aliphatic carbocycles. The topological polar surface area (TPSA) is 50.8 Å². The lowest BCUT2D eigenvalue weighted by Crippen LogP contribution is -2.36. The van der Waals surface area contributed by atoms with Gasteiger partial charge in [-0.2, -0.15) is 0 Å². The molecule has 0 bridgehead atoms. The lowest BCUT2D eigenvalue weighted by atomic mass is 10.1. The highest BCUT2D eigenvalue weighted by Crippen LogP contribution is 2.36. The number of carbonyl (C=O) groups is 1. The largest absolute Gasteiger partial charge is 0.493 e. The summed E-state index contributed by atoms with van der Waals surface area (Å²) in [6.07, 6.45) is 2.39. The molecule has 1 fully saturated rings. The number of amides is 1. The minimum Gasteiger partial charge on any atom is -0.493 e. The van der Waals surface area contributed by atoms with Crippen LogP contribution in [0.25, 0.3) is 0 Å². The van der Waals surface area contributed by atoms with Crippen LogP contribution in [0.2, 0.25) is 5.02 Å². The van der Waals surface area contributed by atoms with Gasteiger partial charge in [-0.1, -0.05) is 41.9 Å². The molecule has 1 heterocycles. The van der Waals surface area contributed by atoms with E-state index < -0.39 is 0 Å². The van der Waals surface area contributed by atoms with Gasteiger partial charge in [0.25, 0.3) is 5.91 Å². The van der Waals surface area contributed by atoms with Gasteiger partial charge < -0.3 is 14.8 Å². The van der Waals surface area contributed by atoms with E-state index in [1.165, 1.54) is 32.6 Å². The predicted octanol–water partition coefficient (Wildman–Crippen LogP) is 3.92. The predicted molar refractivity (Wildman–Crippen MR) is 107 cm³/mol. The molecule has 6 heteroatoms. The molecule has 0 radical (unpaired) electrons. The molecule has 2 aromatic carbocycles. The summed E-state index contributed by atoms with van der Waals surface area (Å²) in [5, 5.41) is 3.40. The van der Waals surface area contributed by atoms with Crippen molar-refractivity contribution >= 4 is 17.5 Å². The van der Waals surface area contributed by atoms with E-state index in [0.717, 1.165) is 13.1 Å². The number of hydrogen-bond donors (Lipinski definition) is 1. The lowest BCUT2D eigenvalue weighted by Gasteiger charge is -2.28. The maximum Gasteiger partial charge on any atom is 0.251 e. The van der Waals surface area contributed by atoms with Crippen molar-refractivity contribution < 1.29 is 14.3 Å². The minimum absolute atomic E-state index is 0.160. The summed E-state index contributed by atoms with van der Waals surface area (Å²) >= 11 is 6.23. The summed E-state index contributed by atoms with van der Waals surface area (Å²) in [7, 11) is 3.04. The monoisotopic (exact) mass is 388 g/mol. The quantitative estimate of drug-likeness (QED) is 0.780. The number of benzene rings is 2. The molecule has 1 aliphatic rings. The zero-order chi connectivity index (χ0) is 19.2. The SMILES string of the molecule is COc1cc(C(=O)NCC(c2ccccc2)N2CCCC2)cc(Cl)c1OC. The van der Waals surface area contributed by atoms with Crippen molar-refractivity contribution in [1.82, 2.24) is 10.2 Å². The van der Waals surface area contributed by atoms with E-state index >= 15 is 0 Å². The second-order valence-electron chi connectivity index (χ2n) is 6.57. The molecule has 144 valence electrons. The molecule has 2 aromatic rings. The van der Waals surface area contributed by atoms with Crippen molar-refractivity contribution in [1.29, 1.82) is 0 Å². The maximum absolute atomic E-state index is 12.7. The zero-order valence-corrected chi connectivity index (χ0v) is 16.5. The van der Waals surface area contributed by atoms with Crippen LogP contribution < -0.4 is 14.8 Å². The third-order valence-corrected chi connectivity index (χ3v) is 5.20. The second kappa shape index (κ2) is 9.11. The van der Waals surface area contributed by atoms with Crippen LogP contribution in [0.4, 0.5) is 0 Å². The number of hydrogen-bond acceptors (Lipinski definition) is 4. The van der Waals surface area contributed by atoms with Gasteiger partial charge >= 0.3 is 0 Å². The first-order chi connectivity index (χ1) is 13.1. The van der Waals surface area contributed by atoms with E-state index in [1.807, 2.05) is 18.2 Å². The molecule has 0 saturated carbocycles. The van der Waals surface area contributed by atoms with Gasteiger partial charge in [-0.25, -0.2) is 0 Å². The van der Waals surface area contributed by atoms with Crippen LogP contribution in [0, 0.1) is 0 Å². The molecule has 1 aliphatic heterocycles.